The highest BCUT2D eigenvalue weighted by Gasteiger charge is 2.17. The number of carbonyl (C=O) groups is 1. The molecule has 0 atom stereocenters. The number of hydrogen-bond donors (Lipinski definition) is 0. The van der Waals surface area contributed by atoms with Gasteiger partial charge in [0.15, 0.2) is 5.78 Å². The molecule has 2 aromatic heterocycles. The first-order valence-electron chi connectivity index (χ1n) is 6.31. The number of benzene rings is 1. The van der Waals surface area contributed by atoms with E-state index in [1.54, 1.807) is 0 Å². The summed E-state index contributed by atoms with van der Waals surface area (Å²) in [6.07, 6.45) is 1.55. The summed E-state index contributed by atoms with van der Waals surface area (Å²) < 4.78 is 1.90. The van der Waals surface area contributed by atoms with Crippen molar-refractivity contribution in [2.45, 2.75) is 6.42 Å². The molecule has 1 aromatic carbocycles. The zero-order valence-electron chi connectivity index (χ0n) is 11.2. The number of halogens is 2. The van der Waals surface area contributed by atoms with Crippen molar-refractivity contribution in [1.82, 2.24) is 14.5 Å². The quantitative estimate of drug-likeness (QED) is 0.691. The lowest BCUT2D eigenvalue weighted by molar-refractivity contribution is 0.0985. The Morgan fingerprint density at radius 3 is 2.76 bits per heavy atom. The van der Waals surface area contributed by atoms with E-state index in [0.29, 0.717) is 10.8 Å². The van der Waals surface area contributed by atoms with Gasteiger partial charge in [-0.3, -0.25) is 4.79 Å². The number of rotatable bonds is 3. The number of imidazole rings is 1. The topological polar surface area (TPSA) is 47.8 Å². The van der Waals surface area contributed by atoms with E-state index in [0.717, 1.165) is 11.0 Å². The van der Waals surface area contributed by atoms with Crippen molar-refractivity contribution in [3.8, 4) is 0 Å². The van der Waals surface area contributed by atoms with Crippen LogP contribution in [0.2, 0.25) is 10.0 Å². The lowest BCUT2D eigenvalue weighted by atomic mass is 10.2. The average Bonchev–Trinajstić information content (AvgIpc) is 2.76. The van der Waals surface area contributed by atoms with Crippen molar-refractivity contribution in [2.24, 2.45) is 7.05 Å². The Kier molecular flexibility index (Phi) is 3.66. The molecule has 0 aliphatic carbocycles. The number of carbonyl (C=O) groups excluding carboxylic acids is 1. The van der Waals surface area contributed by atoms with E-state index in [2.05, 4.69) is 9.97 Å². The highest BCUT2D eigenvalue weighted by Crippen LogP contribution is 2.21. The minimum atomic E-state index is -0.185. The Morgan fingerprint density at radius 1 is 1.29 bits per heavy atom. The van der Waals surface area contributed by atoms with Crippen molar-refractivity contribution in [3.05, 3.63) is 58.1 Å². The molecule has 0 aliphatic rings. The van der Waals surface area contributed by atoms with E-state index in [1.165, 1.54) is 12.3 Å². The second-order valence-corrected chi connectivity index (χ2v) is 5.50. The highest BCUT2D eigenvalue weighted by molar-refractivity contribution is 6.36. The zero-order valence-corrected chi connectivity index (χ0v) is 12.7. The number of Topliss-reactive ketones (excluding diaryl/α,β-unsaturated/α-hetero) is 1. The number of aromatic nitrogens is 3. The van der Waals surface area contributed by atoms with E-state index >= 15 is 0 Å². The van der Waals surface area contributed by atoms with Crippen LogP contribution in [-0.2, 0) is 13.5 Å². The maximum atomic E-state index is 12.3. The largest absolute Gasteiger partial charge is 0.331 e. The minimum Gasteiger partial charge on any atom is -0.331 e. The lowest BCUT2D eigenvalue weighted by Crippen LogP contribution is -2.10. The van der Waals surface area contributed by atoms with Crippen LogP contribution in [0.1, 0.15) is 16.3 Å². The van der Waals surface area contributed by atoms with Gasteiger partial charge in [0.25, 0.3) is 0 Å². The van der Waals surface area contributed by atoms with Crippen molar-refractivity contribution < 1.29 is 4.79 Å². The normalized spacial score (nSPS) is 11.0. The number of aryl methyl sites for hydroxylation is 1. The predicted molar refractivity (Wildman–Crippen MR) is 83.0 cm³/mol. The third kappa shape index (κ3) is 2.64. The Morgan fingerprint density at radius 2 is 2.05 bits per heavy atom. The molecule has 0 unspecified atom stereocenters. The zero-order chi connectivity index (χ0) is 15.0. The molecule has 6 heteroatoms. The van der Waals surface area contributed by atoms with Gasteiger partial charge in [-0.1, -0.05) is 35.3 Å². The third-order valence-electron chi connectivity index (χ3n) is 3.27. The van der Waals surface area contributed by atoms with Crippen LogP contribution in [0.15, 0.2) is 36.5 Å². The van der Waals surface area contributed by atoms with Gasteiger partial charge in [0.05, 0.1) is 27.5 Å². The fraction of sp³-hybridized carbons (Fsp3) is 0.133. The Bertz CT molecular complexity index is 842. The van der Waals surface area contributed by atoms with Gasteiger partial charge in [0.1, 0.15) is 11.5 Å². The van der Waals surface area contributed by atoms with Crippen LogP contribution in [0.3, 0.4) is 0 Å². The molecule has 0 N–H and O–H groups in total. The molecule has 4 nitrogen and oxygen atoms in total. The summed E-state index contributed by atoms with van der Waals surface area (Å²) in [5, 5.41) is 0.658. The molecule has 0 bridgehead atoms. The van der Waals surface area contributed by atoms with Gasteiger partial charge >= 0.3 is 0 Å². The van der Waals surface area contributed by atoms with Crippen molar-refractivity contribution in [3.63, 3.8) is 0 Å². The number of ketones is 1. The maximum absolute atomic E-state index is 12.3. The molecular weight excluding hydrogens is 309 g/mol. The SMILES string of the molecule is Cn1c(CC(=O)c2ncc(Cl)cc2Cl)nc2ccccc21. The molecular formula is C15H11Cl2N3O. The fourth-order valence-corrected chi connectivity index (χ4v) is 2.69. The summed E-state index contributed by atoms with van der Waals surface area (Å²) in [7, 11) is 1.88. The number of para-hydroxylation sites is 2. The molecule has 21 heavy (non-hydrogen) atoms. The second kappa shape index (κ2) is 5.47. The van der Waals surface area contributed by atoms with Gasteiger partial charge in [-0.2, -0.15) is 0 Å². The number of pyridine rings is 1. The van der Waals surface area contributed by atoms with Crippen molar-refractivity contribution in [1.29, 1.82) is 0 Å². The molecule has 106 valence electrons. The molecule has 3 aromatic rings. The van der Waals surface area contributed by atoms with Crippen LogP contribution in [-0.4, -0.2) is 20.3 Å². The number of hydrogen-bond acceptors (Lipinski definition) is 3. The monoisotopic (exact) mass is 319 g/mol. The standard InChI is InChI=1S/C15H11Cl2N3O/c1-20-12-5-3-2-4-11(12)19-14(20)7-13(21)15-10(17)6-9(16)8-18-15/h2-6,8H,7H2,1H3. The maximum Gasteiger partial charge on any atom is 0.190 e. The van der Waals surface area contributed by atoms with Gasteiger partial charge < -0.3 is 4.57 Å². The van der Waals surface area contributed by atoms with Crippen LogP contribution >= 0.6 is 23.2 Å². The molecule has 2 heterocycles. The van der Waals surface area contributed by atoms with E-state index in [-0.39, 0.29) is 22.9 Å². The van der Waals surface area contributed by atoms with Gasteiger partial charge in [-0.05, 0) is 18.2 Å². The Labute approximate surface area is 131 Å². The fourth-order valence-electron chi connectivity index (χ4n) is 2.20. The van der Waals surface area contributed by atoms with Gasteiger partial charge in [0.2, 0.25) is 0 Å². The molecule has 0 fully saturated rings. The van der Waals surface area contributed by atoms with E-state index in [4.69, 9.17) is 23.2 Å². The van der Waals surface area contributed by atoms with Crippen LogP contribution in [0, 0.1) is 0 Å². The first-order chi connectivity index (χ1) is 10.1. The summed E-state index contributed by atoms with van der Waals surface area (Å²) in [5.41, 5.74) is 2.06. The third-order valence-corrected chi connectivity index (χ3v) is 3.77. The number of fused-ring (bicyclic) bond motifs is 1. The van der Waals surface area contributed by atoms with Crippen LogP contribution in [0.25, 0.3) is 11.0 Å². The van der Waals surface area contributed by atoms with Crippen LogP contribution in [0.5, 0.6) is 0 Å². The molecule has 3 rings (SSSR count). The summed E-state index contributed by atoms with van der Waals surface area (Å²) in [6.45, 7) is 0. The Balaban J connectivity index is 1.94. The van der Waals surface area contributed by atoms with Gasteiger partial charge in [-0.15, -0.1) is 0 Å². The minimum absolute atomic E-state index is 0.138. The first kappa shape index (κ1) is 14.0. The van der Waals surface area contributed by atoms with Crippen LogP contribution in [0.4, 0.5) is 0 Å². The van der Waals surface area contributed by atoms with Gasteiger partial charge in [0, 0.05) is 13.2 Å². The van der Waals surface area contributed by atoms with Crippen molar-refractivity contribution in [2.75, 3.05) is 0 Å². The summed E-state index contributed by atoms with van der Waals surface area (Å²) >= 11 is 11.8. The summed E-state index contributed by atoms with van der Waals surface area (Å²) in [4.78, 5) is 20.8. The summed E-state index contributed by atoms with van der Waals surface area (Å²) in [6, 6.07) is 9.24. The number of nitrogens with zero attached hydrogens (tertiary/aromatic N) is 3. The van der Waals surface area contributed by atoms with Gasteiger partial charge in [-0.25, -0.2) is 9.97 Å². The van der Waals surface area contributed by atoms with E-state index in [1.807, 2.05) is 35.9 Å². The molecule has 0 radical (unpaired) electrons. The molecule has 0 saturated heterocycles. The Hall–Kier alpha value is -1.91. The lowest BCUT2D eigenvalue weighted by Gasteiger charge is -2.04. The smallest absolute Gasteiger partial charge is 0.190 e. The predicted octanol–water partition coefficient (Wildman–Crippen LogP) is 3.70. The molecule has 0 aliphatic heterocycles. The molecule has 0 saturated carbocycles. The second-order valence-electron chi connectivity index (χ2n) is 4.66. The highest BCUT2D eigenvalue weighted by atomic mass is 35.5. The molecule has 0 spiro atoms. The van der Waals surface area contributed by atoms with Crippen molar-refractivity contribution >= 4 is 40.0 Å². The van der Waals surface area contributed by atoms with E-state index in [9.17, 15) is 4.79 Å². The first-order valence-corrected chi connectivity index (χ1v) is 7.06. The molecule has 0 amide bonds. The van der Waals surface area contributed by atoms with Crippen LogP contribution < -0.4 is 0 Å². The average molecular weight is 320 g/mol. The van der Waals surface area contributed by atoms with E-state index < -0.39 is 0 Å². The summed E-state index contributed by atoms with van der Waals surface area (Å²) in [5.74, 6) is 0.490.